The minimum Gasteiger partial charge on any atom is -0.338 e. The van der Waals surface area contributed by atoms with Crippen molar-refractivity contribution in [3.8, 4) is 0 Å². The largest absolute Gasteiger partial charge is 0.338 e. The lowest BCUT2D eigenvalue weighted by molar-refractivity contribution is -0.132. The predicted octanol–water partition coefficient (Wildman–Crippen LogP) is 3.26. The molecule has 1 aromatic carbocycles. The van der Waals surface area contributed by atoms with E-state index in [0.29, 0.717) is 6.54 Å². The van der Waals surface area contributed by atoms with Gasteiger partial charge >= 0.3 is 0 Å². The molecule has 122 valence electrons. The van der Waals surface area contributed by atoms with Gasteiger partial charge in [0.15, 0.2) is 0 Å². The van der Waals surface area contributed by atoms with Crippen LogP contribution in [0.3, 0.4) is 0 Å². The average molecular weight is 362 g/mol. The highest BCUT2D eigenvalue weighted by Gasteiger charge is 2.20. The van der Waals surface area contributed by atoms with Crippen LogP contribution in [0, 0.1) is 13.8 Å². The second kappa shape index (κ2) is 9.10. The molecule has 22 heavy (non-hydrogen) atoms. The standard InChI is InChI=1S/C15H19N3OS.2ClH/c1-10-4-6-12(7-5-10)14(16)15(19)18(3)8-13-9-20-11(2)17-13;;/h4-7,9,14H,8,16H2,1-3H3;2*1H. The summed E-state index contributed by atoms with van der Waals surface area (Å²) in [5, 5.41) is 2.97. The van der Waals surface area contributed by atoms with E-state index in [-0.39, 0.29) is 30.7 Å². The Labute approximate surface area is 147 Å². The summed E-state index contributed by atoms with van der Waals surface area (Å²) in [6.07, 6.45) is 0. The molecule has 0 radical (unpaired) electrons. The smallest absolute Gasteiger partial charge is 0.244 e. The first-order chi connectivity index (χ1) is 9.47. The first-order valence-electron chi connectivity index (χ1n) is 6.45. The van der Waals surface area contributed by atoms with Crippen LogP contribution >= 0.6 is 36.2 Å². The summed E-state index contributed by atoms with van der Waals surface area (Å²) in [6.45, 7) is 4.45. The van der Waals surface area contributed by atoms with Crippen LogP contribution in [0.5, 0.6) is 0 Å². The van der Waals surface area contributed by atoms with Crippen molar-refractivity contribution in [2.24, 2.45) is 5.73 Å². The molecule has 0 saturated carbocycles. The van der Waals surface area contributed by atoms with E-state index in [1.54, 1.807) is 23.3 Å². The van der Waals surface area contributed by atoms with Gasteiger partial charge in [0.05, 0.1) is 17.2 Å². The van der Waals surface area contributed by atoms with Crippen LogP contribution in [-0.4, -0.2) is 22.8 Å². The van der Waals surface area contributed by atoms with Crippen LogP contribution in [0.15, 0.2) is 29.6 Å². The number of hydrogen-bond acceptors (Lipinski definition) is 4. The van der Waals surface area contributed by atoms with E-state index in [9.17, 15) is 4.79 Å². The van der Waals surface area contributed by atoms with E-state index in [2.05, 4.69) is 4.98 Å². The maximum Gasteiger partial charge on any atom is 0.244 e. The highest BCUT2D eigenvalue weighted by Crippen LogP contribution is 2.16. The van der Waals surface area contributed by atoms with Gasteiger partial charge in [-0.3, -0.25) is 4.79 Å². The maximum absolute atomic E-state index is 12.3. The van der Waals surface area contributed by atoms with Gasteiger partial charge in [0, 0.05) is 12.4 Å². The zero-order valence-corrected chi connectivity index (χ0v) is 15.2. The number of likely N-dealkylation sites (N-methyl/N-ethyl adjacent to an activating group) is 1. The first kappa shape index (κ1) is 20.9. The van der Waals surface area contributed by atoms with Crippen molar-refractivity contribution in [3.05, 3.63) is 51.5 Å². The van der Waals surface area contributed by atoms with Crippen molar-refractivity contribution in [1.29, 1.82) is 0 Å². The number of thiazole rings is 1. The van der Waals surface area contributed by atoms with Crippen LogP contribution in [0.25, 0.3) is 0 Å². The number of hydrogen-bond donors (Lipinski definition) is 1. The fraction of sp³-hybridized carbons (Fsp3) is 0.333. The Morgan fingerprint density at radius 2 is 1.86 bits per heavy atom. The van der Waals surface area contributed by atoms with Crippen molar-refractivity contribution in [3.63, 3.8) is 0 Å². The lowest BCUT2D eigenvalue weighted by Crippen LogP contribution is -2.35. The Hall–Kier alpha value is -1.14. The normalized spacial score (nSPS) is 11.1. The van der Waals surface area contributed by atoms with Gasteiger partial charge in [0.2, 0.25) is 5.91 Å². The molecule has 0 saturated heterocycles. The number of nitrogens with zero attached hydrogens (tertiary/aromatic N) is 2. The molecule has 0 fully saturated rings. The number of aryl methyl sites for hydroxylation is 2. The highest BCUT2D eigenvalue weighted by molar-refractivity contribution is 7.09. The Kier molecular flexibility index (Phi) is 8.63. The molecule has 0 bridgehead atoms. The summed E-state index contributed by atoms with van der Waals surface area (Å²) in [6, 6.07) is 7.11. The molecule has 0 aliphatic carbocycles. The van der Waals surface area contributed by atoms with E-state index in [1.165, 1.54) is 0 Å². The lowest BCUT2D eigenvalue weighted by atomic mass is 10.0. The van der Waals surface area contributed by atoms with Gasteiger partial charge in [0.1, 0.15) is 6.04 Å². The van der Waals surface area contributed by atoms with Crippen LogP contribution < -0.4 is 5.73 Å². The van der Waals surface area contributed by atoms with E-state index in [0.717, 1.165) is 21.8 Å². The molecule has 1 heterocycles. The van der Waals surface area contributed by atoms with Gasteiger partial charge < -0.3 is 10.6 Å². The van der Waals surface area contributed by atoms with Crippen molar-refractivity contribution < 1.29 is 4.79 Å². The van der Waals surface area contributed by atoms with E-state index >= 15 is 0 Å². The minimum absolute atomic E-state index is 0. The summed E-state index contributed by atoms with van der Waals surface area (Å²) >= 11 is 1.58. The molecule has 0 aliphatic rings. The third-order valence-electron chi connectivity index (χ3n) is 3.14. The number of carbonyl (C=O) groups is 1. The van der Waals surface area contributed by atoms with Gasteiger partial charge in [-0.05, 0) is 19.4 Å². The Morgan fingerprint density at radius 1 is 1.27 bits per heavy atom. The van der Waals surface area contributed by atoms with E-state index in [1.807, 2.05) is 43.5 Å². The zero-order valence-electron chi connectivity index (χ0n) is 12.8. The predicted molar refractivity (Wildman–Crippen MR) is 95.9 cm³/mol. The number of rotatable bonds is 4. The topological polar surface area (TPSA) is 59.2 Å². The Morgan fingerprint density at radius 3 is 2.36 bits per heavy atom. The van der Waals surface area contributed by atoms with Gasteiger partial charge in [-0.15, -0.1) is 36.2 Å². The molecular formula is C15H21Cl2N3OS. The maximum atomic E-state index is 12.3. The zero-order chi connectivity index (χ0) is 14.7. The third-order valence-corrected chi connectivity index (χ3v) is 3.97. The third kappa shape index (κ3) is 5.25. The average Bonchev–Trinajstić information content (AvgIpc) is 2.83. The molecule has 1 amide bonds. The highest BCUT2D eigenvalue weighted by atomic mass is 35.5. The van der Waals surface area contributed by atoms with Crippen molar-refractivity contribution in [2.45, 2.75) is 26.4 Å². The minimum atomic E-state index is -0.625. The van der Waals surface area contributed by atoms with Crippen molar-refractivity contribution in [1.82, 2.24) is 9.88 Å². The molecule has 1 atom stereocenters. The van der Waals surface area contributed by atoms with Gasteiger partial charge in [-0.1, -0.05) is 29.8 Å². The number of aromatic nitrogens is 1. The van der Waals surface area contributed by atoms with E-state index in [4.69, 9.17) is 5.73 Å². The fourth-order valence-corrected chi connectivity index (χ4v) is 2.56. The number of nitrogens with two attached hydrogens (primary N) is 1. The second-order valence-electron chi connectivity index (χ2n) is 4.94. The first-order valence-corrected chi connectivity index (χ1v) is 7.33. The number of halogens is 2. The monoisotopic (exact) mass is 361 g/mol. The number of amides is 1. The summed E-state index contributed by atoms with van der Waals surface area (Å²) < 4.78 is 0. The van der Waals surface area contributed by atoms with Gasteiger partial charge in [-0.25, -0.2) is 4.98 Å². The molecule has 0 spiro atoms. The summed E-state index contributed by atoms with van der Waals surface area (Å²) in [7, 11) is 1.76. The molecule has 1 unspecified atom stereocenters. The summed E-state index contributed by atoms with van der Waals surface area (Å²) in [5.74, 6) is -0.0977. The van der Waals surface area contributed by atoms with Crippen molar-refractivity contribution >= 4 is 42.1 Å². The molecular weight excluding hydrogens is 341 g/mol. The Balaban J connectivity index is 0.00000220. The number of benzene rings is 1. The second-order valence-corrected chi connectivity index (χ2v) is 6.00. The molecule has 4 nitrogen and oxygen atoms in total. The van der Waals surface area contributed by atoms with E-state index < -0.39 is 6.04 Å². The Bertz CT molecular complexity index is 601. The summed E-state index contributed by atoms with van der Waals surface area (Å²) in [5.41, 5.74) is 8.93. The molecule has 2 aromatic rings. The van der Waals surface area contributed by atoms with Crippen LogP contribution in [0.1, 0.15) is 27.9 Å². The van der Waals surface area contributed by atoms with Crippen LogP contribution in [-0.2, 0) is 11.3 Å². The molecule has 0 aliphatic heterocycles. The van der Waals surface area contributed by atoms with Crippen molar-refractivity contribution in [2.75, 3.05) is 7.05 Å². The molecule has 1 aromatic heterocycles. The molecule has 2 N–H and O–H groups in total. The van der Waals surface area contributed by atoms with Crippen LogP contribution in [0.2, 0.25) is 0 Å². The van der Waals surface area contributed by atoms with Gasteiger partial charge in [0.25, 0.3) is 0 Å². The number of carbonyl (C=O) groups excluding carboxylic acids is 1. The SMILES string of the molecule is Cc1ccc(C(N)C(=O)N(C)Cc2csc(C)n2)cc1.Cl.Cl. The molecule has 2 rings (SSSR count). The molecule has 7 heteroatoms. The fourth-order valence-electron chi connectivity index (χ4n) is 1.96. The quantitative estimate of drug-likeness (QED) is 0.908. The lowest BCUT2D eigenvalue weighted by Gasteiger charge is -2.20. The summed E-state index contributed by atoms with van der Waals surface area (Å²) in [4.78, 5) is 18.3. The van der Waals surface area contributed by atoms with Crippen LogP contribution in [0.4, 0.5) is 0 Å². The van der Waals surface area contributed by atoms with Gasteiger partial charge in [-0.2, -0.15) is 0 Å².